The maximum absolute atomic E-state index is 5.57. The fraction of sp³-hybridized carbons (Fsp3) is 0.846. The lowest BCUT2D eigenvalue weighted by Gasteiger charge is -2.26. The van der Waals surface area contributed by atoms with E-state index in [-0.39, 0.29) is 5.41 Å². The molecule has 0 saturated carbocycles. The van der Waals surface area contributed by atoms with E-state index in [0.29, 0.717) is 6.10 Å². The number of nitrogens with one attached hydrogen (secondary N) is 1. The van der Waals surface area contributed by atoms with Gasteiger partial charge in [-0.1, -0.05) is 19.9 Å². The number of hydrogen-bond donors (Lipinski definition) is 1. The Hall–Kier alpha value is -0.340. The molecule has 0 heterocycles. The van der Waals surface area contributed by atoms with Crippen molar-refractivity contribution < 1.29 is 4.74 Å². The highest BCUT2D eigenvalue weighted by atomic mass is 16.5. The summed E-state index contributed by atoms with van der Waals surface area (Å²) in [4.78, 5) is 0. The van der Waals surface area contributed by atoms with Gasteiger partial charge in [0.15, 0.2) is 0 Å². The largest absolute Gasteiger partial charge is 0.379 e. The molecular weight excluding hydrogens is 186 g/mol. The Labute approximate surface area is 95.1 Å². The molecule has 0 radical (unpaired) electrons. The molecule has 0 aliphatic rings. The standard InChI is InChI=1S/C13H27NO/c1-6-9-14-11-13(5,7-2)8-10-15-12(3)4/h7,12,14H,2,6,8-11H2,1,3-5H3. The van der Waals surface area contributed by atoms with Crippen molar-refractivity contribution in [3.05, 3.63) is 12.7 Å². The van der Waals surface area contributed by atoms with E-state index < -0.39 is 0 Å². The molecule has 90 valence electrons. The van der Waals surface area contributed by atoms with Crippen molar-refractivity contribution in [2.24, 2.45) is 5.41 Å². The Morgan fingerprint density at radius 1 is 1.47 bits per heavy atom. The lowest BCUT2D eigenvalue weighted by molar-refractivity contribution is 0.0618. The normalized spacial score (nSPS) is 15.3. The van der Waals surface area contributed by atoms with Crippen molar-refractivity contribution in [3.8, 4) is 0 Å². The lowest BCUT2D eigenvalue weighted by atomic mass is 9.87. The van der Waals surface area contributed by atoms with Crippen LogP contribution < -0.4 is 5.32 Å². The molecule has 0 amide bonds. The van der Waals surface area contributed by atoms with Crippen molar-refractivity contribution in [2.45, 2.75) is 46.6 Å². The molecule has 0 aromatic carbocycles. The summed E-state index contributed by atoms with van der Waals surface area (Å²) in [5.74, 6) is 0. The van der Waals surface area contributed by atoms with Crippen LogP contribution in [0.2, 0.25) is 0 Å². The van der Waals surface area contributed by atoms with E-state index >= 15 is 0 Å². The number of ether oxygens (including phenoxy) is 1. The van der Waals surface area contributed by atoms with E-state index in [4.69, 9.17) is 4.74 Å². The molecule has 0 spiro atoms. The van der Waals surface area contributed by atoms with Gasteiger partial charge in [-0.25, -0.2) is 0 Å². The van der Waals surface area contributed by atoms with Crippen molar-refractivity contribution in [2.75, 3.05) is 19.7 Å². The number of rotatable bonds is 9. The number of hydrogen-bond acceptors (Lipinski definition) is 2. The summed E-state index contributed by atoms with van der Waals surface area (Å²) in [6, 6.07) is 0. The van der Waals surface area contributed by atoms with Crippen LogP contribution in [0.1, 0.15) is 40.5 Å². The van der Waals surface area contributed by atoms with Crippen LogP contribution in [0.3, 0.4) is 0 Å². The zero-order chi connectivity index (χ0) is 11.7. The molecule has 1 atom stereocenters. The lowest BCUT2D eigenvalue weighted by Crippen LogP contribution is -2.32. The SMILES string of the molecule is C=CC(C)(CCOC(C)C)CNCCC. The fourth-order valence-corrected chi connectivity index (χ4v) is 1.34. The topological polar surface area (TPSA) is 21.3 Å². The van der Waals surface area contributed by atoms with E-state index in [1.165, 1.54) is 6.42 Å². The van der Waals surface area contributed by atoms with Gasteiger partial charge in [-0.15, -0.1) is 6.58 Å². The maximum Gasteiger partial charge on any atom is 0.0518 e. The van der Waals surface area contributed by atoms with E-state index in [9.17, 15) is 0 Å². The van der Waals surface area contributed by atoms with Gasteiger partial charge in [0, 0.05) is 13.2 Å². The molecular formula is C13H27NO. The van der Waals surface area contributed by atoms with Gasteiger partial charge >= 0.3 is 0 Å². The molecule has 1 unspecified atom stereocenters. The highest BCUT2D eigenvalue weighted by Gasteiger charge is 2.19. The molecule has 0 bridgehead atoms. The van der Waals surface area contributed by atoms with E-state index in [1.807, 2.05) is 6.08 Å². The predicted octanol–water partition coefficient (Wildman–Crippen LogP) is 2.99. The van der Waals surface area contributed by atoms with Crippen molar-refractivity contribution in [3.63, 3.8) is 0 Å². The highest BCUT2D eigenvalue weighted by molar-refractivity contribution is 4.92. The Morgan fingerprint density at radius 2 is 2.13 bits per heavy atom. The minimum Gasteiger partial charge on any atom is -0.379 e. The first-order chi connectivity index (χ1) is 7.04. The molecule has 0 aromatic heterocycles. The van der Waals surface area contributed by atoms with Gasteiger partial charge in [0.05, 0.1) is 6.10 Å². The third-order valence-corrected chi connectivity index (χ3v) is 2.57. The average molecular weight is 213 g/mol. The Morgan fingerprint density at radius 3 is 2.60 bits per heavy atom. The monoisotopic (exact) mass is 213 g/mol. The van der Waals surface area contributed by atoms with Crippen molar-refractivity contribution in [1.29, 1.82) is 0 Å². The molecule has 0 saturated heterocycles. The van der Waals surface area contributed by atoms with Crippen LogP contribution >= 0.6 is 0 Å². The zero-order valence-electron chi connectivity index (χ0n) is 10.8. The summed E-state index contributed by atoms with van der Waals surface area (Å²) in [6.07, 6.45) is 4.57. The van der Waals surface area contributed by atoms with Crippen LogP contribution in [0.4, 0.5) is 0 Å². The van der Waals surface area contributed by atoms with Crippen molar-refractivity contribution >= 4 is 0 Å². The van der Waals surface area contributed by atoms with Gasteiger partial charge in [-0.2, -0.15) is 0 Å². The van der Waals surface area contributed by atoms with Gasteiger partial charge < -0.3 is 10.1 Å². The Balaban J connectivity index is 3.80. The van der Waals surface area contributed by atoms with Crippen LogP contribution in [0, 0.1) is 5.41 Å². The second-order valence-corrected chi connectivity index (χ2v) is 4.70. The molecule has 15 heavy (non-hydrogen) atoms. The molecule has 0 aliphatic carbocycles. The van der Waals surface area contributed by atoms with E-state index in [0.717, 1.165) is 26.1 Å². The first kappa shape index (κ1) is 14.7. The summed E-state index contributed by atoms with van der Waals surface area (Å²) in [5, 5.41) is 3.44. The first-order valence-corrected chi connectivity index (χ1v) is 6.00. The zero-order valence-corrected chi connectivity index (χ0v) is 10.8. The van der Waals surface area contributed by atoms with Crippen molar-refractivity contribution in [1.82, 2.24) is 5.32 Å². The minimum absolute atomic E-state index is 0.157. The summed E-state index contributed by atoms with van der Waals surface area (Å²) in [7, 11) is 0. The Bertz CT molecular complexity index is 168. The molecule has 2 heteroatoms. The second kappa shape index (κ2) is 7.89. The first-order valence-electron chi connectivity index (χ1n) is 6.00. The van der Waals surface area contributed by atoms with Gasteiger partial charge in [0.1, 0.15) is 0 Å². The molecule has 0 rings (SSSR count). The fourth-order valence-electron chi connectivity index (χ4n) is 1.34. The quantitative estimate of drug-likeness (QED) is 0.469. The average Bonchev–Trinajstić information content (AvgIpc) is 2.18. The summed E-state index contributed by atoms with van der Waals surface area (Å²) in [6.45, 7) is 15.3. The van der Waals surface area contributed by atoms with Crippen LogP contribution in [0.25, 0.3) is 0 Å². The second-order valence-electron chi connectivity index (χ2n) is 4.70. The van der Waals surface area contributed by atoms with Gasteiger partial charge in [0.2, 0.25) is 0 Å². The van der Waals surface area contributed by atoms with Gasteiger partial charge in [0.25, 0.3) is 0 Å². The smallest absolute Gasteiger partial charge is 0.0518 e. The maximum atomic E-state index is 5.57. The summed E-state index contributed by atoms with van der Waals surface area (Å²) in [5.41, 5.74) is 0.157. The molecule has 2 nitrogen and oxygen atoms in total. The summed E-state index contributed by atoms with van der Waals surface area (Å²) >= 11 is 0. The van der Waals surface area contributed by atoms with Gasteiger partial charge in [-0.3, -0.25) is 0 Å². The van der Waals surface area contributed by atoms with Crippen LogP contribution in [0.15, 0.2) is 12.7 Å². The van der Waals surface area contributed by atoms with Crippen LogP contribution in [0.5, 0.6) is 0 Å². The Kier molecular flexibility index (Phi) is 7.71. The summed E-state index contributed by atoms with van der Waals surface area (Å²) < 4.78 is 5.57. The van der Waals surface area contributed by atoms with Gasteiger partial charge in [-0.05, 0) is 38.6 Å². The third-order valence-electron chi connectivity index (χ3n) is 2.57. The van der Waals surface area contributed by atoms with Crippen LogP contribution in [-0.2, 0) is 4.74 Å². The third kappa shape index (κ3) is 7.57. The van der Waals surface area contributed by atoms with E-state index in [2.05, 4.69) is 39.6 Å². The van der Waals surface area contributed by atoms with E-state index in [1.54, 1.807) is 0 Å². The van der Waals surface area contributed by atoms with Crippen LogP contribution in [-0.4, -0.2) is 25.8 Å². The molecule has 0 aliphatic heterocycles. The minimum atomic E-state index is 0.157. The molecule has 0 fully saturated rings. The highest BCUT2D eigenvalue weighted by Crippen LogP contribution is 2.21. The molecule has 0 aromatic rings. The predicted molar refractivity (Wildman–Crippen MR) is 67.2 cm³/mol. The molecule has 1 N–H and O–H groups in total.